The summed E-state index contributed by atoms with van der Waals surface area (Å²) in [6.45, 7) is 10.2. The van der Waals surface area contributed by atoms with E-state index in [0.29, 0.717) is 23.7 Å². The van der Waals surface area contributed by atoms with Gasteiger partial charge in [-0.3, -0.25) is 19.6 Å². The summed E-state index contributed by atoms with van der Waals surface area (Å²) in [5.74, 6) is 0.584. The van der Waals surface area contributed by atoms with Crippen molar-refractivity contribution in [1.29, 1.82) is 0 Å². The van der Waals surface area contributed by atoms with E-state index in [-0.39, 0.29) is 50.8 Å². The number of H-pyrrole nitrogens is 1. The van der Waals surface area contributed by atoms with Gasteiger partial charge in [-0.1, -0.05) is 69.1 Å². The molecule has 6 heterocycles. The molecule has 22 heteroatoms. The lowest BCUT2D eigenvalue weighted by Crippen LogP contribution is -2.38. The molecule has 17 nitrogen and oxygen atoms in total. The molecule has 53 heavy (non-hydrogen) atoms. The standard InChI is InChI=1S/C11H16BN2O4P.C9H9N8OP.C6H11BO2.C2H5I.C2H6.CH4/c1-8-6-11(12)18-10(8)7-17-19(15,16)14-9-2-4-13-5-3-9;18-19(16-7-11-5-13-16,17-8-12-6-14-17)15-9-1-3-10-4-2-9;1-4-2-6(7)9-5(4)3-8;1-2-3;1-2;/h2-5,8,10-11H,6-7H2,1H3,(H2,13,14,15,16);1-8H,(H,10,15,18);4-6,8H,2-3H2,1H3;2H2,1H3;1-2H3;1H4/t8?,10-,11-;;4?,5-,6-;;;/m1.1.../s1. The molecule has 2 aliphatic rings. The van der Waals surface area contributed by atoms with E-state index in [2.05, 4.69) is 69.8 Å². The molecule has 4 unspecified atom stereocenters. The first kappa shape index (κ1) is 48.3. The van der Waals surface area contributed by atoms with Crippen LogP contribution in [0.2, 0.25) is 0 Å². The summed E-state index contributed by atoms with van der Waals surface area (Å²) in [7, 11) is 3.64. The molecule has 4 radical (unpaired) electrons. The van der Waals surface area contributed by atoms with E-state index in [0.717, 1.165) is 6.42 Å². The van der Waals surface area contributed by atoms with Gasteiger partial charge in [0, 0.05) is 48.2 Å². The van der Waals surface area contributed by atoms with Gasteiger partial charge >= 0.3 is 13.9 Å². The van der Waals surface area contributed by atoms with Crippen molar-refractivity contribution < 1.29 is 37.6 Å². The number of ether oxygens (including phenoxy) is 2. The van der Waals surface area contributed by atoms with Gasteiger partial charge < -0.3 is 29.1 Å². The zero-order valence-electron chi connectivity index (χ0n) is 29.9. The van der Waals surface area contributed by atoms with Crippen LogP contribution in [0, 0.1) is 11.8 Å². The summed E-state index contributed by atoms with van der Waals surface area (Å²) >= 11 is 2.29. The average Bonchev–Trinajstić information content (AvgIpc) is 3.96. The smallest absolute Gasteiger partial charge is 0.485 e. The van der Waals surface area contributed by atoms with Crippen LogP contribution in [-0.4, -0.2) is 97.2 Å². The lowest BCUT2D eigenvalue weighted by Gasteiger charge is -2.27. The molecule has 0 bridgehead atoms. The summed E-state index contributed by atoms with van der Waals surface area (Å²) in [6, 6.07) is 6.00. The highest BCUT2D eigenvalue weighted by atomic mass is 127. The number of anilines is 2. The van der Waals surface area contributed by atoms with Crippen LogP contribution in [0.25, 0.3) is 0 Å². The third kappa shape index (κ3) is 16.7. The molecule has 290 valence electrons. The topological polar surface area (TPSA) is 218 Å². The molecular weight excluding hydrogens is 835 g/mol. The zero-order valence-corrected chi connectivity index (χ0v) is 33.8. The van der Waals surface area contributed by atoms with Gasteiger partial charge in [0.05, 0.1) is 25.4 Å². The highest BCUT2D eigenvalue weighted by Gasteiger charge is 2.35. The quantitative estimate of drug-likeness (QED) is 0.0760. The van der Waals surface area contributed by atoms with Crippen LogP contribution in [0.4, 0.5) is 11.4 Å². The summed E-state index contributed by atoms with van der Waals surface area (Å²) < 4.78 is 44.1. The molecule has 2 fully saturated rings. The third-order valence-corrected chi connectivity index (χ3v) is 10.2. The van der Waals surface area contributed by atoms with Crippen molar-refractivity contribution in [2.24, 2.45) is 11.8 Å². The van der Waals surface area contributed by atoms with E-state index in [4.69, 9.17) is 34.8 Å². The van der Waals surface area contributed by atoms with Crippen LogP contribution in [-0.2, 0) is 23.1 Å². The van der Waals surface area contributed by atoms with E-state index in [9.17, 15) is 14.0 Å². The Hall–Kier alpha value is -2.70. The van der Waals surface area contributed by atoms with Gasteiger partial charge in [-0.2, -0.15) is 5.10 Å². The van der Waals surface area contributed by atoms with Crippen molar-refractivity contribution in [3.8, 4) is 0 Å². The first-order valence-electron chi connectivity index (χ1n) is 16.6. The fraction of sp³-hybridized carbons (Fsp3) is 0.548. The molecule has 4 aromatic heterocycles. The molecule has 0 aliphatic carbocycles. The molecule has 4 aromatic rings. The number of aliphatic hydroxyl groups is 1. The number of hydrogen-bond acceptors (Lipinski definition) is 12. The van der Waals surface area contributed by atoms with E-state index < -0.39 is 15.3 Å². The number of hydrogen-bond donors (Lipinski definition) is 4. The largest absolute Gasteiger partial charge is 0.762 e. The number of pyridine rings is 2. The first-order chi connectivity index (χ1) is 24.9. The van der Waals surface area contributed by atoms with Crippen molar-refractivity contribution in [3.05, 3.63) is 74.4 Å². The fourth-order valence-electron chi connectivity index (χ4n) is 4.59. The highest BCUT2D eigenvalue weighted by Crippen LogP contribution is 2.40. The van der Waals surface area contributed by atoms with E-state index in [1.807, 2.05) is 27.7 Å². The minimum atomic E-state index is -4.16. The minimum Gasteiger partial charge on any atom is -0.762 e. The Morgan fingerprint density at radius 3 is 1.89 bits per heavy atom. The molecule has 4 N–H and O–H groups in total. The van der Waals surface area contributed by atoms with Gasteiger partial charge in [-0.25, -0.2) is 9.55 Å². The SMILES string of the molecule is C.CC.CCI.O=P(Nc1ccncc1)(n1cncn1)[n+]1cnc[nH]1.[B][C@H]1CC(C)[C@@H](CO)O1.[B][C@H]1CC(C)[C@@H](COP(=O)([O-])Nc2ccncc2)O1. The second-order valence-electron chi connectivity index (χ2n) is 11.0. The Bertz CT molecular complexity index is 1550. The second-order valence-corrected chi connectivity index (χ2v) is 16.2. The predicted molar refractivity (Wildman–Crippen MR) is 213 cm³/mol. The fourth-order valence-corrected chi connectivity index (χ4v) is 7.15. The second kappa shape index (κ2) is 25.4. The molecule has 0 spiro atoms. The number of alkyl halides is 1. The molecule has 2 aliphatic heterocycles. The van der Waals surface area contributed by atoms with Crippen LogP contribution in [0.15, 0.2) is 74.4 Å². The van der Waals surface area contributed by atoms with Gasteiger partial charge in [0.15, 0.2) is 0 Å². The van der Waals surface area contributed by atoms with Crippen molar-refractivity contribution in [3.63, 3.8) is 0 Å². The number of nitrogens with one attached hydrogen (secondary N) is 3. The normalized spacial score (nSPS) is 23.5. The highest BCUT2D eigenvalue weighted by molar-refractivity contribution is 14.1. The first-order valence-corrected chi connectivity index (χ1v) is 21.3. The van der Waals surface area contributed by atoms with Crippen molar-refractivity contribution in [2.75, 3.05) is 27.8 Å². The summed E-state index contributed by atoms with van der Waals surface area (Å²) in [6.07, 6.45) is 13.0. The molecule has 2 saturated heterocycles. The van der Waals surface area contributed by atoms with Crippen LogP contribution in [0.5, 0.6) is 0 Å². The Labute approximate surface area is 328 Å². The maximum Gasteiger partial charge on any atom is 0.485 e. The molecule has 0 aromatic carbocycles. The van der Waals surface area contributed by atoms with Crippen LogP contribution >= 0.6 is 37.9 Å². The Kier molecular flexibility index (Phi) is 23.2. The maximum atomic E-state index is 13.1. The molecular formula is C31H51B2IN10O7P2. The van der Waals surface area contributed by atoms with Gasteiger partial charge in [0.1, 0.15) is 28.3 Å². The Balaban J connectivity index is 0.000000390. The number of rotatable bonds is 10. The van der Waals surface area contributed by atoms with Crippen molar-refractivity contribution in [2.45, 2.75) is 79.1 Å². The number of halogens is 1. The Morgan fingerprint density at radius 2 is 1.49 bits per heavy atom. The third-order valence-electron chi connectivity index (χ3n) is 7.08. The van der Waals surface area contributed by atoms with Gasteiger partial charge in [-0.15, -0.1) is 9.55 Å². The zero-order chi connectivity index (χ0) is 38.6. The van der Waals surface area contributed by atoms with Crippen molar-refractivity contribution in [1.82, 2.24) is 34.6 Å². The summed E-state index contributed by atoms with van der Waals surface area (Å²) in [4.78, 5) is 27.1. The van der Waals surface area contributed by atoms with Crippen molar-refractivity contribution >= 4 is 65.0 Å². The number of aromatic nitrogens is 8. The average molecular weight is 886 g/mol. The summed E-state index contributed by atoms with van der Waals surface area (Å²) in [5, 5.41) is 20.6. The number of aromatic amines is 1. The van der Waals surface area contributed by atoms with Gasteiger partial charge in [0.25, 0.3) is 0 Å². The van der Waals surface area contributed by atoms with E-state index in [1.54, 1.807) is 36.7 Å². The molecule has 0 saturated carbocycles. The van der Waals surface area contributed by atoms with Crippen LogP contribution < -0.4 is 19.5 Å². The monoisotopic (exact) mass is 886 g/mol. The lowest BCUT2D eigenvalue weighted by atomic mass is 9.92. The number of nitrogens with zero attached hydrogens (tertiary/aromatic N) is 7. The minimum absolute atomic E-state index is 0. The van der Waals surface area contributed by atoms with Crippen LogP contribution in [0.3, 0.4) is 0 Å². The summed E-state index contributed by atoms with van der Waals surface area (Å²) in [5.41, 5.74) is 1.06. The van der Waals surface area contributed by atoms with Gasteiger partial charge in [-0.05, 0) is 58.4 Å². The van der Waals surface area contributed by atoms with Crippen LogP contribution in [0.1, 0.15) is 54.9 Å². The predicted octanol–water partition coefficient (Wildman–Crippen LogP) is 4.20. The lowest BCUT2D eigenvalue weighted by molar-refractivity contribution is -0.585. The molecule has 8 atom stereocenters. The van der Waals surface area contributed by atoms with Gasteiger partial charge in [0.2, 0.25) is 14.1 Å². The van der Waals surface area contributed by atoms with E-state index >= 15 is 0 Å². The van der Waals surface area contributed by atoms with E-state index in [1.165, 1.54) is 51.0 Å². The number of aliphatic hydroxyl groups excluding tert-OH is 1. The Morgan fingerprint density at radius 1 is 0.981 bits per heavy atom. The molecule has 6 rings (SSSR count). The molecule has 0 amide bonds. The maximum absolute atomic E-state index is 13.1.